The lowest BCUT2D eigenvalue weighted by Gasteiger charge is -2.40. The molecule has 0 atom stereocenters. The second-order valence-electron chi connectivity index (χ2n) is 8.17. The lowest BCUT2D eigenvalue weighted by molar-refractivity contribution is -0.133. The topological polar surface area (TPSA) is 71.6 Å². The van der Waals surface area contributed by atoms with Crippen LogP contribution >= 0.6 is 0 Å². The molecular weight excluding hydrogens is 356 g/mol. The largest absolute Gasteiger partial charge is 0.443 e. The standard InChI is InChI=1S/C21H30N4O3/c1-15-16(2)28-20-19(15)21(27)25(14-22-20)9-8-18(26)24-12-10-23(11-13-24)17-6-4-3-5-7-17/h14,17H,3-13H2,1-2H3. The van der Waals surface area contributed by atoms with Crippen LogP contribution in [0.15, 0.2) is 15.5 Å². The molecule has 0 N–H and O–H groups in total. The SMILES string of the molecule is Cc1oc2ncn(CCC(=O)N3CCN(C4CCCCC4)CC3)c(=O)c2c1C. The van der Waals surface area contributed by atoms with Crippen molar-refractivity contribution in [2.75, 3.05) is 26.2 Å². The molecule has 7 heteroatoms. The van der Waals surface area contributed by atoms with Gasteiger partial charge < -0.3 is 9.32 Å². The summed E-state index contributed by atoms with van der Waals surface area (Å²) < 4.78 is 7.04. The normalized spacial score (nSPS) is 19.4. The van der Waals surface area contributed by atoms with Crippen LogP contribution in [0.4, 0.5) is 0 Å². The highest BCUT2D eigenvalue weighted by Crippen LogP contribution is 2.23. The zero-order valence-corrected chi connectivity index (χ0v) is 16.9. The van der Waals surface area contributed by atoms with Gasteiger partial charge in [-0.2, -0.15) is 0 Å². The van der Waals surface area contributed by atoms with Crippen LogP contribution in [0.3, 0.4) is 0 Å². The number of fused-ring (bicyclic) bond motifs is 1. The Morgan fingerprint density at radius 3 is 2.57 bits per heavy atom. The number of piperazine rings is 1. The van der Waals surface area contributed by atoms with Gasteiger partial charge in [0.25, 0.3) is 5.56 Å². The van der Waals surface area contributed by atoms with Crippen LogP contribution in [0.5, 0.6) is 0 Å². The smallest absolute Gasteiger partial charge is 0.264 e. The van der Waals surface area contributed by atoms with Crippen LogP contribution < -0.4 is 5.56 Å². The van der Waals surface area contributed by atoms with Gasteiger partial charge >= 0.3 is 0 Å². The highest BCUT2D eigenvalue weighted by Gasteiger charge is 2.27. The number of hydrogen-bond donors (Lipinski definition) is 0. The minimum absolute atomic E-state index is 0.121. The Morgan fingerprint density at radius 1 is 1.14 bits per heavy atom. The van der Waals surface area contributed by atoms with Crippen molar-refractivity contribution >= 4 is 17.0 Å². The molecular formula is C21H30N4O3. The molecule has 2 aromatic rings. The molecule has 152 valence electrons. The van der Waals surface area contributed by atoms with Gasteiger partial charge in [0.05, 0.1) is 0 Å². The Labute approximate surface area is 165 Å². The molecule has 0 radical (unpaired) electrons. The fourth-order valence-corrected chi connectivity index (χ4v) is 4.59. The van der Waals surface area contributed by atoms with Gasteiger partial charge in [-0.15, -0.1) is 0 Å². The molecule has 0 unspecified atom stereocenters. The lowest BCUT2D eigenvalue weighted by Crippen LogP contribution is -2.52. The molecule has 2 fully saturated rings. The number of carbonyl (C=O) groups excluding carboxylic acids is 1. The van der Waals surface area contributed by atoms with E-state index in [2.05, 4.69) is 9.88 Å². The summed E-state index contributed by atoms with van der Waals surface area (Å²) in [6.45, 7) is 7.58. The maximum absolute atomic E-state index is 12.7. The van der Waals surface area contributed by atoms with Gasteiger partial charge in [-0.3, -0.25) is 19.1 Å². The van der Waals surface area contributed by atoms with E-state index >= 15 is 0 Å². The maximum Gasteiger partial charge on any atom is 0.264 e. The number of nitrogens with zero attached hydrogens (tertiary/aromatic N) is 4. The summed E-state index contributed by atoms with van der Waals surface area (Å²) in [6.07, 6.45) is 8.47. The third-order valence-electron chi connectivity index (χ3n) is 6.48. The zero-order chi connectivity index (χ0) is 19.7. The van der Waals surface area contributed by atoms with E-state index in [0.29, 0.717) is 35.9 Å². The Balaban J connectivity index is 1.34. The molecule has 4 rings (SSSR count). The van der Waals surface area contributed by atoms with E-state index in [1.54, 1.807) is 0 Å². The maximum atomic E-state index is 12.7. The molecule has 28 heavy (non-hydrogen) atoms. The first kappa shape index (κ1) is 19.2. The van der Waals surface area contributed by atoms with Crippen molar-refractivity contribution in [3.05, 3.63) is 28.0 Å². The molecule has 0 spiro atoms. The summed E-state index contributed by atoms with van der Waals surface area (Å²) in [7, 11) is 0. The summed E-state index contributed by atoms with van der Waals surface area (Å²) >= 11 is 0. The van der Waals surface area contributed by atoms with Crippen LogP contribution in [0.2, 0.25) is 0 Å². The van der Waals surface area contributed by atoms with Gasteiger partial charge in [-0.05, 0) is 26.7 Å². The van der Waals surface area contributed by atoms with Crippen LogP contribution in [-0.2, 0) is 11.3 Å². The summed E-state index contributed by atoms with van der Waals surface area (Å²) in [5.41, 5.74) is 1.07. The fourth-order valence-electron chi connectivity index (χ4n) is 4.59. The summed E-state index contributed by atoms with van der Waals surface area (Å²) in [5, 5.41) is 0.522. The zero-order valence-electron chi connectivity index (χ0n) is 16.9. The van der Waals surface area contributed by atoms with E-state index in [1.165, 1.54) is 43.0 Å². The van der Waals surface area contributed by atoms with Crippen LogP contribution in [-0.4, -0.2) is 57.5 Å². The number of amides is 1. The predicted octanol–water partition coefficient (Wildman–Crippen LogP) is 2.47. The Morgan fingerprint density at radius 2 is 1.86 bits per heavy atom. The first-order valence-corrected chi connectivity index (χ1v) is 10.5. The number of rotatable bonds is 4. The Bertz CT molecular complexity index is 902. The highest BCUT2D eigenvalue weighted by molar-refractivity contribution is 5.78. The van der Waals surface area contributed by atoms with Crippen molar-refractivity contribution in [3.63, 3.8) is 0 Å². The van der Waals surface area contributed by atoms with Gasteiger partial charge in [0, 0.05) is 50.7 Å². The molecule has 1 amide bonds. The van der Waals surface area contributed by atoms with Crippen molar-refractivity contribution in [2.45, 2.75) is 65.0 Å². The fraction of sp³-hybridized carbons (Fsp3) is 0.667. The number of hydrogen-bond acceptors (Lipinski definition) is 5. The molecule has 1 saturated heterocycles. The van der Waals surface area contributed by atoms with E-state index in [1.807, 2.05) is 18.7 Å². The van der Waals surface area contributed by atoms with Gasteiger partial charge in [0.1, 0.15) is 17.5 Å². The molecule has 0 aromatic carbocycles. The predicted molar refractivity (Wildman–Crippen MR) is 107 cm³/mol. The molecule has 2 aliphatic rings. The van der Waals surface area contributed by atoms with Crippen LogP contribution in [0, 0.1) is 13.8 Å². The van der Waals surface area contributed by atoms with Gasteiger partial charge in [0.2, 0.25) is 11.6 Å². The summed E-state index contributed by atoms with van der Waals surface area (Å²) in [6, 6.07) is 0.712. The van der Waals surface area contributed by atoms with E-state index in [-0.39, 0.29) is 11.5 Å². The van der Waals surface area contributed by atoms with E-state index in [9.17, 15) is 9.59 Å². The molecule has 1 saturated carbocycles. The number of carbonyl (C=O) groups is 1. The third kappa shape index (κ3) is 3.72. The van der Waals surface area contributed by atoms with Crippen LogP contribution in [0.1, 0.15) is 49.8 Å². The average molecular weight is 386 g/mol. The molecule has 3 heterocycles. The lowest BCUT2D eigenvalue weighted by atomic mass is 9.94. The molecule has 0 bridgehead atoms. The second-order valence-corrected chi connectivity index (χ2v) is 8.17. The van der Waals surface area contributed by atoms with Crippen molar-refractivity contribution < 1.29 is 9.21 Å². The van der Waals surface area contributed by atoms with E-state index in [0.717, 1.165) is 31.7 Å². The van der Waals surface area contributed by atoms with Crippen LogP contribution in [0.25, 0.3) is 11.1 Å². The second kappa shape index (κ2) is 8.07. The van der Waals surface area contributed by atoms with Gasteiger partial charge in [-0.1, -0.05) is 19.3 Å². The van der Waals surface area contributed by atoms with Crippen molar-refractivity contribution in [1.29, 1.82) is 0 Å². The van der Waals surface area contributed by atoms with Crippen molar-refractivity contribution in [3.8, 4) is 0 Å². The monoisotopic (exact) mass is 386 g/mol. The van der Waals surface area contributed by atoms with E-state index < -0.39 is 0 Å². The van der Waals surface area contributed by atoms with Gasteiger partial charge in [0.15, 0.2) is 0 Å². The molecule has 2 aromatic heterocycles. The minimum atomic E-state index is -0.130. The Hall–Kier alpha value is -2.15. The van der Waals surface area contributed by atoms with Gasteiger partial charge in [-0.25, -0.2) is 4.98 Å². The number of furan rings is 1. The number of aromatic nitrogens is 2. The molecule has 1 aliphatic carbocycles. The quantitative estimate of drug-likeness (QED) is 0.807. The average Bonchev–Trinajstić information content (AvgIpc) is 3.02. The molecule has 1 aliphatic heterocycles. The molecule has 7 nitrogen and oxygen atoms in total. The third-order valence-corrected chi connectivity index (χ3v) is 6.48. The van der Waals surface area contributed by atoms with Crippen molar-refractivity contribution in [2.24, 2.45) is 0 Å². The summed E-state index contributed by atoms with van der Waals surface area (Å²) in [5.74, 6) is 0.833. The Kier molecular flexibility index (Phi) is 5.53. The summed E-state index contributed by atoms with van der Waals surface area (Å²) in [4.78, 5) is 34.1. The minimum Gasteiger partial charge on any atom is -0.443 e. The number of aryl methyl sites for hydroxylation is 3. The first-order valence-electron chi connectivity index (χ1n) is 10.5. The first-order chi connectivity index (χ1) is 13.5. The highest BCUT2D eigenvalue weighted by atomic mass is 16.3. The van der Waals surface area contributed by atoms with Crippen molar-refractivity contribution in [1.82, 2.24) is 19.4 Å². The van der Waals surface area contributed by atoms with E-state index in [4.69, 9.17) is 4.42 Å².